The van der Waals surface area contributed by atoms with Crippen molar-refractivity contribution in [1.29, 1.82) is 0 Å². The van der Waals surface area contributed by atoms with Crippen molar-refractivity contribution in [3.8, 4) is 5.75 Å². The number of rotatable bonds is 6. The predicted molar refractivity (Wildman–Crippen MR) is 154 cm³/mol. The Labute approximate surface area is 224 Å². The molecular formula is C28H21BrIN3O2. The van der Waals surface area contributed by atoms with Gasteiger partial charge in [0.1, 0.15) is 18.2 Å². The van der Waals surface area contributed by atoms with Crippen LogP contribution in [0.1, 0.15) is 23.9 Å². The molecule has 174 valence electrons. The van der Waals surface area contributed by atoms with Crippen LogP contribution in [0.4, 0.5) is 0 Å². The molecule has 1 aromatic heterocycles. The van der Waals surface area contributed by atoms with Gasteiger partial charge in [-0.1, -0.05) is 65.3 Å². The van der Waals surface area contributed by atoms with Gasteiger partial charge in [-0.25, -0.2) is 4.98 Å². The zero-order chi connectivity index (χ0) is 24.4. The standard InChI is InChI=1S/C28H21BrIN3O2/c1-2-27-32-25-12-11-21(29)15-23(25)28(34)33(27)31-16-18-10-13-26(24(30)14-18)35-17-20-8-5-7-19-6-3-4-9-22(19)20/h3-16H,2,17H2,1H3. The second-order valence-corrected chi connectivity index (χ2v) is 10.1. The molecule has 0 N–H and O–H groups in total. The fourth-order valence-electron chi connectivity index (χ4n) is 3.96. The van der Waals surface area contributed by atoms with Gasteiger partial charge in [-0.15, -0.1) is 0 Å². The van der Waals surface area contributed by atoms with E-state index in [0.29, 0.717) is 29.8 Å². The van der Waals surface area contributed by atoms with Crippen LogP contribution < -0.4 is 10.3 Å². The topological polar surface area (TPSA) is 56.5 Å². The van der Waals surface area contributed by atoms with Crippen molar-refractivity contribution in [3.63, 3.8) is 0 Å². The molecular weight excluding hydrogens is 617 g/mol. The maximum Gasteiger partial charge on any atom is 0.282 e. The fourth-order valence-corrected chi connectivity index (χ4v) is 5.01. The predicted octanol–water partition coefficient (Wildman–Crippen LogP) is 6.94. The summed E-state index contributed by atoms with van der Waals surface area (Å²) in [5, 5.41) is 7.41. The van der Waals surface area contributed by atoms with Crippen molar-refractivity contribution >= 4 is 66.4 Å². The highest BCUT2D eigenvalue weighted by Gasteiger charge is 2.10. The molecule has 0 saturated heterocycles. The number of halogens is 2. The molecule has 35 heavy (non-hydrogen) atoms. The minimum absolute atomic E-state index is 0.186. The molecule has 0 amide bonds. The lowest BCUT2D eigenvalue weighted by Gasteiger charge is -2.11. The van der Waals surface area contributed by atoms with E-state index in [4.69, 9.17) is 4.74 Å². The lowest BCUT2D eigenvalue weighted by molar-refractivity contribution is 0.305. The van der Waals surface area contributed by atoms with E-state index >= 15 is 0 Å². The van der Waals surface area contributed by atoms with Crippen LogP contribution in [0.2, 0.25) is 0 Å². The molecule has 0 aliphatic heterocycles. The third-order valence-corrected chi connectivity index (χ3v) is 7.07. The van der Waals surface area contributed by atoms with Crippen LogP contribution in [0.3, 0.4) is 0 Å². The van der Waals surface area contributed by atoms with E-state index in [1.54, 1.807) is 12.3 Å². The summed E-state index contributed by atoms with van der Waals surface area (Å²) >= 11 is 5.69. The largest absolute Gasteiger partial charge is 0.488 e. The molecule has 0 aliphatic carbocycles. The number of aromatic nitrogens is 2. The van der Waals surface area contributed by atoms with E-state index in [9.17, 15) is 4.79 Å². The molecule has 5 nitrogen and oxygen atoms in total. The molecule has 0 fully saturated rings. The molecule has 5 aromatic rings. The highest BCUT2D eigenvalue weighted by Crippen LogP contribution is 2.25. The first-order chi connectivity index (χ1) is 17.0. The van der Waals surface area contributed by atoms with Crippen LogP contribution in [0.5, 0.6) is 5.75 Å². The smallest absolute Gasteiger partial charge is 0.282 e. The number of fused-ring (bicyclic) bond motifs is 2. The van der Waals surface area contributed by atoms with Crippen molar-refractivity contribution in [3.05, 3.63) is 114 Å². The maximum atomic E-state index is 13.1. The lowest BCUT2D eigenvalue weighted by atomic mass is 10.1. The van der Waals surface area contributed by atoms with E-state index in [1.807, 2.05) is 49.4 Å². The maximum absolute atomic E-state index is 13.1. The number of hydrogen-bond acceptors (Lipinski definition) is 4. The zero-order valence-electron chi connectivity index (χ0n) is 18.9. The zero-order valence-corrected chi connectivity index (χ0v) is 22.7. The van der Waals surface area contributed by atoms with Crippen LogP contribution in [0.25, 0.3) is 21.7 Å². The number of aryl methyl sites for hydroxylation is 1. The third kappa shape index (κ3) is 5.01. The Morgan fingerprint density at radius 3 is 2.69 bits per heavy atom. The Kier molecular flexibility index (Phi) is 6.97. The Bertz CT molecular complexity index is 1640. The highest BCUT2D eigenvalue weighted by molar-refractivity contribution is 14.1. The summed E-state index contributed by atoms with van der Waals surface area (Å²) in [7, 11) is 0. The highest BCUT2D eigenvalue weighted by atomic mass is 127. The summed E-state index contributed by atoms with van der Waals surface area (Å²) in [5.74, 6) is 1.42. The molecule has 0 spiro atoms. The van der Waals surface area contributed by atoms with Gasteiger partial charge in [-0.05, 0) is 80.9 Å². The van der Waals surface area contributed by atoms with Gasteiger partial charge in [0.25, 0.3) is 5.56 Å². The van der Waals surface area contributed by atoms with Gasteiger partial charge in [0, 0.05) is 10.9 Å². The second kappa shape index (κ2) is 10.3. The molecule has 0 saturated carbocycles. The van der Waals surface area contributed by atoms with Crippen molar-refractivity contribution in [2.75, 3.05) is 0 Å². The molecule has 0 bridgehead atoms. The van der Waals surface area contributed by atoms with E-state index in [0.717, 1.165) is 24.9 Å². The van der Waals surface area contributed by atoms with Gasteiger partial charge in [-0.2, -0.15) is 9.78 Å². The monoisotopic (exact) mass is 637 g/mol. The molecule has 0 radical (unpaired) electrons. The summed E-state index contributed by atoms with van der Waals surface area (Å²) in [6, 6.07) is 25.9. The Morgan fingerprint density at radius 2 is 1.86 bits per heavy atom. The quantitative estimate of drug-likeness (QED) is 0.150. The van der Waals surface area contributed by atoms with E-state index < -0.39 is 0 Å². The van der Waals surface area contributed by atoms with Gasteiger partial charge in [0.15, 0.2) is 0 Å². The summed E-state index contributed by atoms with van der Waals surface area (Å²) < 4.78 is 9.32. The Balaban J connectivity index is 1.39. The first-order valence-electron chi connectivity index (χ1n) is 11.2. The number of nitrogens with zero attached hydrogens (tertiary/aromatic N) is 3. The first-order valence-corrected chi connectivity index (χ1v) is 13.0. The Morgan fingerprint density at radius 1 is 1.03 bits per heavy atom. The summed E-state index contributed by atoms with van der Waals surface area (Å²) in [5.41, 5.74) is 2.50. The normalized spacial score (nSPS) is 11.5. The summed E-state index contributed by atoms with van der Waals surface area (Å²) in [6.45, 7) is 2.45. The van der Waals surface area contributed by atoms with Gasteiger partial charge in [0.05, 0.1) is 20.7 Å². The van der Waals surface area contributed by atoms with Crippen LogP contribution in [0.15, 0.2) is 93.2 Å². The van der Waals surface area contributed by atoms with Gasteiger partial charge >= 0.3 is 0 Å². The molecule has 1 heterocycles. The van der Waals surface area contributed by atoms with E-state index in [1.165, 1.54) is 15.4 Å². The van der Waals surface area contributed by atoms with Crippen LogP contribution >= 0.6 is 38.5 Å². The molecule has 0 aliphatic rings. The van der Waals surface area contributed by atoms with E-state index in [-0.39, 0.29) is 5.56 Å². The van der Waals surface area contributed by atoms with Gasteiger partial charge in [-0.3, -0.25) is 4.79 Å². The van der Waals surface area contributed by atoms with Crippen LogP contribution in [0, 0.1) is 3.57 Å². The Hall–Kier alpha value is -3.04. The number of benzene rings is 4. The van der Waals surface area contributed by atoms with Crippen molar-refractivity contribution in [2.45, 2.75) is 20.0 Å². The summed E-state index contributed by atoms with van der Waals surface area (Å²) in [6.07, 6.45) is 2.28. The second-order valence-electron chi connectivity index (χ2n) is 8.02. The molecule has 0 atom stereocenters. The SMILES string of the molecule is CCc1nc2ccc(Br)cc2c(=O)n1N=Cc1ccc(OCc2cccc3ccccc23)c(I)c1. The van der Waals surface area contributed by atoms with E-state index in [2.05, 4.69) is 78.9 Å². The van der Waals surface area contributed by atoms with Gasteiger partial charge < -0.3 is 4.74 Å². The average Bonchev–Trinajstić information content (AvgIpc) is 2.87. The van der Waals surface area contributed by atoms with Gasteiger partial charge in [0.2, 0.25) is 0 Å². The number of hydrogen-bond donors (Lipinski definition) is 0. The minimum atomic E-state index is -0.186. The molecule has 0 unspecified atom stereocenters. The lowest BCUT2D eigenvalue weighted by Crippen LogP contribution is -2.22. The van der Waals surface area contributed by atoms with Crippen molar-refractivity contribution in [2.24, 2.45) is 5.10 Å². The number of ether oxygens (including phenoxy) is 1. The average molecular weight is 638 g/mol. The van der Waals surface area contributed by atoms with Crippen molar-refractivity contribution in [1.82, 2.24) is 9.66 Å². The first kappa shape index (κ1) is 23.7. The third-order valence-electron chi connectivity index (χ3n) is 5.73. The van der Waals surface area contributed by atoms with Crippen LogP contribution in [-0.2, 0) is 13.0 Å². The summed E-state index contributed by atoms with van der Waals surface area (Å²) in [4.78, 5) is 17.7. The molecule has 5 rings (SSSR count). The fraction of sp³-hybridized carbons (Fsp3) is 0.107. The molecule has 4 aromatic carbocycles. The molecule has 7 heteroatoms. The minimum Gasteiger partial charge on any atom is -0.488 e. The van der Waals surface area contributed by atoms with Crippen LogP contribution in [-0.4, -0.2) is 15.9 Å². The van der Waals surface area contributed by atoms with Crippen molar-refractivity contribution < 1.29 is 4.74 Å².